The molecule has 0 radical (unpaired) electrons. The minimum atomic E-state index is 0.233. The van der Waals surface area contributed by atoms with Crippen LogP contribution < -0.4 is 5.32 Å². The second-order valence-electron chi connectivity index (χ2n) is 4.31. The molecular weight excluding hydrogens is 332 g/mol. The normalized spacial score (nSPS) is 16.6. The van der Waals surface area contributed by atoms with Crippen LogP contribution >= 0.6 is 31.9 Å². The van der Waals surface area contributed by atoms with E-state index in [4.69, 9.17) is 5.26 Å². The van der Waals surface area contributed by atoms with Crippen molar-refractivity contribution in [3.05, 3.63) is 27.1 Å². The van der Waals surface area contributed by atoms with Crippen molar-refractivity contribution in [2.75, 3.05) is 11.9 Å². The molecule has 2 nitrogen and oxygen atoms in total. The highest BCUT2D eigenvalue weighted by atomic mass is 79.9. The van der Waals surface area contributed by atoms with Crippen LogP contribution in [0.2, 0.25) is 0 Å². The molecule has 1 aliphatic carbocycles. The zero-order valence-corrected chi connectivity index (χ0v) is 11.9. The monoisotopic (exact) mass is 342 g/mol. The highest BCUT2D eigenvalue weighted by molar-refractivity contribution is 9.11. The highest BCUT2D eigenvalue weighted by Crippen LogP contribution is 2.48. The molecule has 84 valence electrons. The molecule has 16 heavy (non-hydrogen) atoms. The van der Waals surface area contributed by atoms with Gasteiger partial charge in [0, 0.05) is 33.0 Å². The van der Waals surface area contributed by atoms with Gasteiger partial charge in [-0.2, -0.15) is 5.26 Å². The summed E-state index contributed by atoms with van der Waals surface area (Å²) in [7, 11) is 0. The predicted octanol–water partition coefficient (Wildman–Crippen LogP) is 4.32. The summed E-state index contributed by atoms with van der Waals surface area (Å²) in [5.74, 6) is 0. The van der Waals surface area contributed by atoms with Crippen LogP contribution in [0.15, 0.2) is 27.1 Å². The summed E-state index contributed by atoms with van der Waals surface area (Å²) in [6.45, 7) is 0.885. The van der Waals surface area contributed by atoms with Crippen molar-refractivity contribution in [3.8, 4) is 6.07 Å². The second kappa shape index (κ2) is 4.77. The van der Waals surface area contributed by atoms with Crippen molar-refractivity contribution >= 4 is 37.5 Å². The Labute approximate surface area is 112 Å². The molecule has 0 amide bonds. The summed E-state index contributed by atoms with van der Waals surface area (Å²) in [5, 5.41) is 12.2. The van der Waals surface area contributed by atoms with Gasteiger partial charge >= 0.3 is 0 Å². The van der Waals surface area contributed by atoms with Crippen LogP contribution in [0, 0.1) is 16.7 Å². The maximum absolute atomic E-state index is 8.74. The topological polar surface area (TPSA) is 35.8 Å². The number of hydrogen-bond donors (Lipinski definition) is 1. The molecule has 1 aliphatic rings. The maximum atomic E-state index is 8.74. The van der Waals surface area contributed by atoms with Crippen molar-refractivity contribution in [1.82, 2.24) is 0 Å². The highest BCUT2D eigenvalue weighted by Gasteiger charge is 2.42. The average molecular weight is 344 g/mol. The van der Waals surface area contributed by atoms with E-state index < -0.39 is 0 Å². The van der Waals surface area contributed by atoms with Gasteiger partial charge in [-0.1, -0.05) is 15.9 Å². The van der Waals surface area contributed by atoms with Crippen LogP contribution in [-0.2, 0) is 0 Å². The molecule has 2 rings (SSSR count). The quantitative estimate of drug-likeness (QED) is 0.883. The molecule has 0 unspecified atom stereocenters. The molecule has 1 aromatic rings. The largest absolute Gasteiger partial charge is 0.384 e. The summed E-state index contributed by atoms with van der Waals surface area (Å²) in [5.41, 5.74) is 1.31. The fourth-order valence-corrected chi connectivity index (χ4v) is 2.42. The lowest BCUT2D eigenvalue weighted by molar-refractivity contribution is 0.557. The van der Waals surface area contributed by atoms with E-state index in [1.807, 2.05) is 18.2 Å². The summed E-state index contributed by atoms with van der Waals surface area (Å²) in [6.07, 6.45) is 2.99. The molecule has 1 saturated carbocycles. The van der Waals surface area contributed by atoms with Crippen molar-refractivity contribution in [3.63, 3.8) is 0 Å². The van der Waals surface area contributed by atoms with Crippen LogP contribution in [-0.4, -0.2) is 6.54 Å². The van der Waals surface area contributed by atoms with Gasteiger partial charge in [0.1, 0.15) is 0 Å². The Morgan fingerprint density at radius 1 is 1.38 bits per heavy atom. The number of hydrogen-bond acceptors (Lipinski definition) is 2. The molecule has 0 heterocycles. The van der Waals surface area contributed by atoms with E-state index in [1.54, 1.807) is 0 Å². The first kappa shape index (κ1) is 11.9. The molecule has 1 aromatic carbocycles. The van der Waals surface area contributed by atoms with Crippen molar-refractivity contribution in [2.24, 2.45) is 5.41 Å². The number of nitrogens with zero attached hydrogens (tertiary/aromatic N) is 1. The van der Waals surface area contributed by atoms with Crippen LogP contribution in [0.1, 0.15) is 19.3 Å². The summed E-state index contributed by atoms with van der Waals surface area (Å²) < 4.78 is 2.12. The van der Waals surface area contributed by atoms with E-state index in [-0.39, 0.29) is 5.41 Å². The minimum absolute atomic E-state index is 0.233. The number of nitrogens with one attached hydrogen (secondary N) is 1. The molecule has 1 fully saturated rings. The Morgan fingerprint density at radius 2 is 2.12 bits per heavy atom. The average Bonchev–Trinajstić information content (AvgIpc) is 3.01. The van der Waals surface area contributed by atoms with Gasteiger partial charge in [0.05, 0.1) is 6.07 Å². The Kier molecular flexibility index (Phi) is 3.56. The standard InChI is InChI=1S/C12H12Br2N2/c13-9-1-2-10(14)11(7-9)16-8-12(3-4-12)5-6-15/h1-2,7,16H,3-5,8H2. The molecule has 0 aromatic heterocycles. The fourth-order valence-electron chi connectivity index (χ4n) is 1.68. The van der Waals surface area contributed by atoms with Crippen LogP contribution in [0.5, 0.6) is 0 Å². The Bertz CT molecular complexity index is 433. The third-order valence-corrected chi connectivity index (χ3v) is 4.18. The van der Waals surface area contributed by atoms with Gasteiger partial charge in [0.15, 0.2) is 0 Å². The van der Waals surface area contributed by atoms with Gasteiger partial charge < -0.3 is 5.32 Å². The lowest BCUT2D eigenvalue weighted by Gasteiger charge is -2.14. The third-order valence-electron chi connectivity index (χ3n) is 2.99. The van der Waals surface area contributed by atoms with E-state index in [9.17, 15) is 0 Å². The third kappa shape index (κ3) is 2.78. The molecule has 0 aliphatic heterocycles. The molecule has 1 N–H and O–H groups in total. The zero-order chi connectivity index (χ0) is 11.6. The van der Waals surface area contributed by atoms with Crippen molar-refractivity contribution < 1.29 is 0 Å². The van der Waals surface area contributed by atoms with Gasteiger partial charge in [0.25, 0.3) is 0 Å². The molecule has 4 heteroatoms. The lowest BCUT2D eigenvalue weighted by atomic mass is 10.0. The van der Waals surface area contributed by atoms with E-state index in [0.29, 0.717) is 6.42 Å². The van der Waals surface area contributed by atoms with E-state index in [1.165, 1.54) is 12.8 Å². The zero-order valence-electron chi connectivity index (χ0n) is 8.76. The first-order valence-corrected chi connectivity index (χ1v) is 6.80. The molecule has 0 bridgehead atoms. The Balaban J connectivity index is 2.00. The van der Waals surface area contributed by atoms with Crippen LogP contribution in [0.25, 0.3) is 0 Å². The summed E-state index contributed by atoms with van der Waals surface area (Å²) in [6, 6.07) is 8.33. The minimum Gasteiger partial charge on any atom is -0.384 e. The summed E-state index contributed by atoms with van der Waals surface area (Å²) >= 11 is 6.96. The first-order valence-electron chi connectivity index (χ1n) is 5.21. The van der Waals surface area contributed by atoms with Gasteiger partial charge in [0.2, 0.25) is 0 Å². The number of nitriles is 1. The maximum Gasteiger partial charge on any atom is 0.0628 e. The molecular formula is C12H12Br2N2. The van der Waals surface area contributed by atoms with Crippen molar-refractivity contribution in [1.29, 1.82) is 5.26 Å². The van der Waals surface area contributed by atoms with Crippen molar-refractivity contribution in [2.45, 2.75) is 19.3 Å². The van der Waals surface area contributed by atoms with Gasteiger partial charge in [-0.15, -0.1) is 0 Å². The number of rotatable bonds is 4. The predicted molar refractivity (Wildman–Crippen MR) is 72.2 cm³/mol. The smallest absolute Gasteiger partial charge is 0.0628 e. The SMILES string of the molecule is N#CCC1(CNc2cc(Br)ccc2Br)CC1. The van der Waals surface area contributed by atoms with Crippen LogP contribution in [0.3, 0.4) is 0 Å². The lowest BCUT2D eigenvalue weighted by Crippen LogP contribution is -2.15. The second-order valence-corrected chi connectivity index (χ2v) is 6.08. The van der Waals surface area contributed by atoms with Gasteiger partial charge in [-0.05, 0) is 47.0 Å². The van der Waals surface area contributed by atoms with E-state index in [0.717, 1.165) is 21.2 Å². The van der Waals surface area contributed by atoms with Crippen LogP contribution in [0.4, 0.5) is 5.69 Å². The van der Waals surface area contributed by atoms with Gasteiger partial charge in [-0.3, -0.25) is 0 Å². The molecule has 0 spiro atoms. The number of anilines is 1. The molecule has 0 saturated heterocycles. The fraction of sp³-hybridized carbons (Fsp3) is 0.417. The molecule has 0 atom stereocenters. The number of benzene rings is 1. The van der Waals surface area contributed by atoms with Gasteiger partial charge in [-0.25, -0.2) is 0 Å². The first-order chi connectivity index (χ1) is 7.65. The Hall–Kier alpha value is -0.530. The van der Waals surface area contributed by atoms with E-state index in [2.05, 4.69) is 43.2 Å². The van der Waals surface area contributed by atoms with E-state index >= 15 is 0 Å². The number of halogens is 2. The Morgan fingerprint density at radius 3 is 2.75 bits per heavy atom. The summed E-state index contributed by atoms with van der Waals surface area (Å²) in [4.78, 5) is 0.